The molecule has 2 aliphatic rings. The van der Waals surface area contributed by atoms with Crippen LogP contribution in [0.25, 0.3) is 0 Å². The third-order valence-corrected chi connectivity index (χ3v) is 7.10. The lowest BCUT2D eigenvalue weighted by atomic mass is 9.83. The molecule has 4 heteroatoms. The fourth-order valence-electron chi connectivity index (χ4n) is 3.30. The normalized spacial score (nSPS) is 25.0. The van der Waals surface area contributed by atoms with Crippen molar-refractivity contribution in [3.63, 3.8) is 0 Å². The van der Waals surface area contributed by atoms with Crippen LogP contribution in [0.2, 0.25) is 0 Å². The first-order valence-corrected chi connectivity index (χ1v) is 8.61. The summed E-state index contributed by atoms with van der Waals surface area (Å²) in [4.78, 5) is 2.64. The predicted molar refractivity (Wildman–Crippen MR) is 87.0 cm³/mol. The van der Waals surface area contributed by atoms with Gasteiger partial charge in [0.15, 0.2) is 0 Å². The summed E-state index contributed by atoms with van der Waals surface area (Å²) in [5.74, 6) is 0. The Morgan fingerprint density at radius 2 is 1.43 bits per heavy atom. The predicted octanol–water partition coefficient (Wildman–Crippen LogP) is 4.13. The molecule has 108 valence electrons. The van der Waals surface area contributed by atoms with Crippen molar-refractivity contribution >= 4 is 23.5 Å². The van der Waals surface area contributed by atoms with Crippen LogP contribution in [0.5, 0.6) is 0 Å². The van der Waals surface area contributed by atoms with E-state index in [0.29, 0.717) is 0 Å². The molecule has 2 aromatic carbocycles. The third kappa shape index (κ3) is 1.77. The first-order valence-electron chi connectivity index (χ1n) is 6.91. The Morgan fingerprint density at radius 1 is 0.857 bits per heavy atom. The molecular weight excluding hydrogens is 300 g/mol. The molecule has 0 N–H and O–H groups in total. The van der Waals surface area contributed by atoms with Gasteiger partial charge in [-0.25, -0.2) is 0 Å². The van der Waals surface area contributed by atoms with Crippen LogP contribution in [-0.4, -0.2) is 25.8 Å². The van der Waals surface area contributed by atoms with Gasteiger partial charge in [-0.05, 0) is 23.3 Å². The molecule has 2 nitrogen and oxygen atoms in total. The van der Waals surface area contributed by atoms with E-state index in [2.05, 4.69) is 48.5 Å². The zero-order chi connectivity index (χ0) is 14.4. The van der Waals surface area contributed by atoms with Crippen molar-refractivity contribution in [2.45, 2.75) is 26.1 Å². The van der Waals surface area contributed by atoms with E-state index in [1.54, 1.807) is 14.2 Å². The van der Waals surface area contributed by atoms with E-state index in [9.17, 15) is 0 Å². The van der Waals surface area contributed by atoms with Crippen LogP contribution < -0.4 is 0 Å². The van der Waals surface area contributed by atoms with Gasteiger partial charge in [-0.2, -0.15) is 0 Å². The summed E-state index contributed by atoms with van der Waals surface area (Å²) in [6, 6.07) is 17.3. The Labute approximate surface area is 133 Å². The quantitative estimate of drug-likeness (QED) is 0.829. The fraction of sp³-hybridized carbons (Fsp3) is 0.294. The average Bonchev–Trinajstić information content (AvgIpc) is 2.51. The number of hydrogen-bond acceptors (Lipinski definition) is 4. The molecule has 0 amide bonds. The Morgan fingerprint density at radius 3 is 1.95 bits per heavy atom. The molecule has 2 aliphatic heterocycles. The van der Waals surface area contributed by atoms with E-state index in [0.717, 1.165) is 0 Å². The van der Waals surface area contributed by atoms with Gasteiger partial charge in [0.25, 0.3) is 0 Å². The minimum absolute atomic E-state index is 0.0377. The van der Waals surface area contributed by atoms with Crippen molar-refractivity contribution in [3.05, 3.63) is 59.7 Å². The van der Waals surface area contributed by atoms with Gasteiger partial charge >= 0.3 is 0 Å². The summed E-state index contributed by atoms with van der Waals surface area (Å²) in [5, 5.41) is 0. The van der Waals surface area contributed by atoms with Crippen molar-refractivity contribution in [3.8, 4) is 0 Å². The minimum atomic E-state index is -0.145. The number of hydrogen-bond donors (Lipinski definition) is 0. The second-order valence-electron chi connectivity index (χ2n) is 5.21. The number of methoxy groups -OCH3 is 2. The molecule has 0 unspecified atom stereocenters. The van der Waals surface area contributed by atoms with Crippen LogP contribution in [0.15, 0.2) is 58.3 Å². The Balaban J connectivity index is 1.94. The first kappa shape index (κ1) is 13.7. The number of ether oxygens (including phenoxy) is 2. The number of benzene rings is 2. The lowest BCUT2D eigenvalue weighted by Crippen LogP contribution is -2.57. The topological polar surface area (TPSA) is 18.5 Å². The molecule has 0 bridgehead atoms. The van der Waals surface area contributed by atoms with Gasteiger partial charge in [0.05, 0.1) is 0 Å². The highest BCUT2D eigenvalue weighted by atomic mass is 32.2. The first-order chi connectivity index (χ1) is 10.3. The number of thioether (sulfide) groups is 1. The van der Waals surface area contributed by atoms with Gasteiger partial charge in [-0.3, -0.25) is 0 Å². The molecule has 2 atom stereocenters. The maximum Gasteiger partial charge on any atom is 0.132 e. The zero-order valence-electron chi connectivity index (χ0n) is 11.9. The van der Waals surface area contributed by atoms with Crippen LogP contribution in [-0.2, 0) is 14.2 Å². The molecule has 4 rings (SSSR count). The molecule has 2 aromatic rings. The van der Waals surface area contributed by atoms with Crippen LogP contribution in [0, 0.1) is 0 Å². The van der Waals surface area contributed by atoms with E-state index in [-0.39, 0.29) is 16.3 Å². The number of rotatable bonds is 2. The minimum Gasteiger partial charge on any atom is -0.376 e. The Bertz CT molecular complexity index is 640. The maximum absolute atomic E-state index is 5.84. The highest BCUT2D eigenvalue weighted by Crippen LogP contribution is 2.65. The van der Waals surface area contributed by atoms with Gasteiger partial charge in [-0.1, -0.05) is 48.2 Å². The molecule has 0 aromatic heterocycles. The van der Waals surface area contributed by atoms with E-state index in [1.165, 1.54) is 20.9 Å². The Hall–Kier alpha value is -0.940. The van der Waals surface area contributed by atoms with Gasteiger partial charge < -0.3 is 9.47 Å². The van der Waals surface area contributed by atoms with Crippen molar-refractivity contribution in [1.29, 1.82) is 0 Å². The average molecular weight is 316 g/mol. The maximum atomic E-state index is 5.84. The largest absolute Gasteiger partial charge is 0.376 e. The summed E-state index contributed by atoms with van der Waals surface area (Å²) >= 11 is 3.70. The molecule has 1 saturated heterocycles. The molecule has 1 fully saturated rings. The van der Waals surface area contributed by atoms with Crippen LogP contribution in [0.4, 0.5) is 0 Å². The van der Waals surface area contributed by atoms with Crippen LogP contribution >= 0.6 is 23.5 Å². The molecule has 0 radical (unpaired) electrons. The second-order valence-corrected chi connectivity index (χ2v) is 7.64. The molecule has 2 heterocycles. The standard InChI is InChI=1S/C17H16O2S2/c1-18-15-16(19-2)21-17(15)11-7-3-5-9-13(11)20-14-10-6-4-8-12(14)17/h3-10,15-16H,1-2H3/t15-,16-/m0/s1. The highest BCUT2D eigenvalue weighted by Gasteiger charge is 2.60. The fourth-order valence-corrected chi connectivity index (χ4v) is 6.28. The van der Waals surface area contributed by atoms with E-state index < -0.39 is 0 Å². The van der Waals surface area contributed by atoms with Gasteiger partial charge in [0.2, 0.25) is 0 Å². The highest BCUT2D eigenvalue weighted by molar-refractivity contribution is 8.03. The van der Waals surface area contributed by atoms with Crippen molar-refractivity contribution in [2.75, 3.05) is 14.2 Å². The van der Waals surface area contributed by atoms with Crippen molar-refractivity contribution in [1.82, 2.24) is 0 Å². The second kappa shape index (κ2) is 5.06. The van der Waals surface area contributed by atoms with Crippen molar-refractivity contribution in [2.24, 2.45) is 0 Å². The third-order valence-electron chi connectivity index (χ3n) is 4.23. The summed E-state index contributed by atoms with van der Waals surface area (Å²) in [5.41, 5.74) is 2.77. The molecule has 1 spiro atoms. The summed E-state index contributed by atoms with van der Waals surface area (Å²) < 4.78 is 11.3. The van der Waals surface area contributed by atoms with Gasteiger partial charge in [0.1, 0.15) is 16.3 Å². The Kier molecular flexibility index (Phi) is 3.30. The van der Waals surface area contributed by atoms with Gasteiger partial charge in [-0.15, -0.1) is 11.8 Å². The van der Waals surface area contributed by atoms with E-state index in [1.807, 2.05) is 23.5 Å². The van der Waals surface area contributed by atoms with Crippen LogP contribution in [0.3, 0.4) is 0 Å². The summed E-state index contributed by atoms with van der Waals surface area (Å²) in [7, 11) is 3.54. The molecule has 21 heavy (non-hydrogen) atoms. The lowest BCUT2D eigenvalue weighted by Gasteiger charge is -2.55. The summed E-state index contributed by atoms with van der Waals surface area (Å²) in [6.07, 6.45) is 0.0377. The van der Waals surface area contributed by atoms with Crippen molar-refractivity contribution < 1.29 is 9.47 Å². The monoisotopic (exact) mass is 316 g/mol. The zero-order valence-corrected chi connectivity index (χ0v) is 13.5. The molecular formula is C17H16O2S2. The molecule has 0 aliphatic carbocycles. The number of fused-ring (bicyclic) bond motifs is 4. The smallest absolute Gasteiger partial charge is 0.132 e. The SMILES string of the molecule is CO[C@H]1SC2(c3ccccc3Sc3ccccc32)[C@H]1OC. The summed E-state index contributed by atoms with van der Waals surface area (Å²) in [6.45, 7) is 0. The van der Waals surface area contributed by atoms with Crippen LogP contribution in [0.1, 0.15) is 11.1 Å². The molecule has 0 saturated carbocycles. The lowest BCUT2D eigenvalue weighted by molar-refractivity contribution is -0.0291. The van der Waals surface area contributed by atoms with Gasteiger partial charge in [0, 0.05) is 24.0 Å². The van der Waals surface area contributed by atoms with E-state index in [4.69, 9.17) is 9.47 Å². The van der Waals surface area contributed by atoms with E-state index >= 15 is 0 Å².